The summed E-state index contributed by atoms with van der Waals surface area (Å²) in [6.07, 6.45) is 0. The van der Waals surface area contributed by atoms with Gasteiger partial charge >= 0.3 is 6.03 Å². The summed E-state index contributed by atoms with van der Waals surface area (Å²) >= 11 is 5.92. The first-order valence-corrected chi connectivity index (χ1v) is 10.8. The summed E-state index contributed by atoms with van der Waals surface area (Å²) < 4.78 is 39.6. The van der Waals surface area contributed by atoms with Crippen LogP contribution >= 0.6 is 11.6 Å². The van der Waals surface area contributed by atoms with Gasteiger partial charge in [-0.15, -0.1) is 0 Å². The lowest BCUT2D eigenvalue weighted by Crippen LogP contribution is -2.43. The zero-order valence-electron chi connectivity index (χ0n) is 15.8. The number of fused-ring (bicyclic) bond motifs is 1. The van der Waals surface area contributed by atoms with Crippen molar-refractivity contribution in [3.63, 3.8) is 0 Å². The fourth-order valence-corrected chi connectivity index (χ4v) is 4.82. The van der Waals surface area contributed by atoms with Gasteiger partial charge in [0.1, 0.15) is 10.7 Å². The van der Waals surface area contributed by atoms with Crippen LogP contribution in [0.15, 0.2) is 71.6 Å². The molecule has 0 radical (unpaired) electrons. The van der Waals surface area contributed by atoms with Gasteiger partial charge in [0.05, 0.1) is 12.2 Å². The van der Waals surface area contributed by atoms with Crippen LogP contribution in [0.25, 0.3) is 0 Å². The highest BCUT2D eigenvalue weighted by Gasteiger charge is 2.36. The summed E-state index contributed by atoms with van der Waals surface area (Å²) in [6.45, 7) is -0.280. The number of halogens is 2. The van der Waals surface area contributed by atoms with Crippen LogP contribution in [0.4, 0.5) is 20.6 Å². The van der Waals surface area contributed by atoms with Gasteiger partial charge in [0, 0.05) is 16.3 Å². The number of amides is 3. The molecule has 2 N–H and O–H groups in total. The number of hydrogen-bond acceptors (Lipinski definition) is 4. The number of urea groups is 1. The van der Waals surface area contributed by atoms with Crippen molar-refractivity contribution in [2.75, 3.05) is 10.6 Å². The van der Waals surface area contributed by atoms with E-state index in [4.69, 9.17) is 11.6 Å². The maximum atomic E-state index is 13.0. The Morgan fingerprint density at radius 2 is 1.81 bits per heavy atom. The van der Waals surface area contributed by atoms with Gasteiger partial charge in [0.25, 0.3) is 15.9 Å². The lowest BCUT2D eigenvalue weighted by molar-refractivity contribution is 0.102. The lowest BCUT2D eigenvalue weighted by atomic mass is 10.1. The normalized spacial score (nSPS) is 14.5. The van der Waals surface area contributed by atoms with Crippen LogP contribution in [0.5, 0.6) is 0 Å². The number of benzene rings is 3. The first kappa shape index (κ1) is 20.8. The Morgan fingerprint density at radius 1 is 1.06 bits per heavy atom. The number of nitrogens with zero attached hydrogens (tertiary/aromatic N) is 1. The highest BCUT2D eigenvalue weighted by atomic mass is 35.5. The lowest BCUT2D eigenvalue weighted by Gasteiger charge is -2.29. The van der Waals surface area contributed by atoms with Crippen LogP contribution in [0.3, 0.4) is 0 Å². The fourth-order valence-electron chi connectivity index (χ4n) is 3.09. The number of anilines is 2. The largest absolute Gasteiger partial charge is 0.336 e. The minimum absolute atomic E-state index is 0.107. The molecular weight excluding hydrogens is 445 g/mol. The smallest absolute Gasteiger partial charge is 0.322 e. The minimum atomic E-state index is -4.14. The molecule has 1 heterocycles. The van der Waals surface area contributed by atoms with E-state index in [1.54, 1.807) is 18.2 Å². The Hall–Kier alpha value is -3.43. The average Bonchev–Trinajstić information content (AvgIpc) is 2.74. The van der Waals surface area contributed by atoms with Gasteiger partial charge in [-0.1, -0.05) is 23.7 Å². The second-order valence-corrected chi connectivity index (χ2v) is 9.01. The molecule has 3 aromatic rings. The van der Waals surface area contributed by atoms with Crippen molar-refractivity contribution in [3.05, 3.63) is 88.7 Å². The molecule has 1 aliphatic heterocycles. The summed E-state index contributed by atoms with van der Waals surface area (Å²) in [6, 6.07) is 14.8. The quantitative estimate of drug-likeness (QED) is 0.601. The third kappa shape index (κ3) is 4.23. The van der Waals surface area contributed by atoms with Gasteiger partial charge in [-0.05, 0) is 60.2 Å². The molecule has 158 valence electrons. The number of hydrogen-bond donors (Lipinski definition) is 2. The van der Waals surface area contributed by atoms with Crippen molar-refractivity contribution in [2.24, 2.45) is 0 Å². The van der Waals surface area contributed by atoms with E-state index in [0.29, 0.717) is 15.6 Å². The zero-order valence-corrected chi connectivity index (χ0v) is 17.4. The Balaban J connectivity index is 1.58. The first-order valence-electron chi connectivity index (χ1n) is 9.03. The minimum Gasteiger partial charge on any atom is -0.322 e. The highest BCUT2D eigenvalue weighted by molar-refractivity contribution is 7.90. The summed E-state index contributed by atoms with van der Waals surface area (Å²) in [4.78, 5) is 24.8. The maximum absolute atomic E-state index is 13.0. The van der Waals surface area contributed by atoms with Crippen LogP contribution in [0.1, 0.15) is 15.9 Å². The standard InChI is InChI=1S/C21H15ClFN3O4S/c22-15-4-9-18-19(11-15)31(29,30)26(21(28)25-18)12-13-2-1-3-14(10-13)20(27)24-17-7-5-16(23)6-8-17/h1-11H,12H2,(H,24,27)(H,25,28). The summed E-state index contributed by atoms with van der Waals surface area (Å²) in [5.41, 5.74) is 1.23. The van der Waals surface area contributed by atoms with E-state index in [9.17, 15) is 22.4 Å². The van der Waals surface area contributed by atoms with Crippen LogP contribution in [0.2, 0.25) is 5.02 Å². The Kier molecular flexibility index (Phi) is 5.38. The highest BCUT2D eigenvalue weighted by Crippen LogP contribution is 2.33. The van der Waals surface area contributed by atoms with Crippen LogP contribution in [-0.4, -0.2) is 24.7 Å². The number of sulfonamides is 1. The van der Waals surface area contributed by atoms with Gasteiger partial charge in [0.2, 0.25) is 0 Å². The van der Waals surface area contributed by atoms with Gasteiger partial charge in [-0.25, -0.2) is 21.9 Å². The van der Waals surface area contributed by atoms with Crippen LogP contribution < -0.4 is 10.6 Å². The molecule has 0 spiro atoms. The Bertz CT molecular complexity index is 1300. The van der Waals surface area contributed by atoms with E-state index < -0.39 is 27.8 Å². The molecule has 1 aliphatic rings. The molecular formula is C21H15ClFN3O4S. The van der Waals surface area contributed by atoms with Gasteiger partial charge in [-0.3, -0.25) is 4.79 Å². The van der Waals surface area contributed by atoms with Crippen molar-refractivity contribution in [3.8, 4) is 0 Å². The molecule has 0 bridgehead atoms. The van der Waals surface area contributed by atoms with Crippen molar-refractivity contribution < 1.29 is 22.4 Å². The van der Waals surface area contributed by atoms with Gasteiger partial charge < -0.3 is 10.6 Å². The molecule has 0 aromatic heterocycles. The van der Waals surface area contributed by atoms with Crippen LogP contribution in [-0.2, 0) is 16.6 Å². The Labute approximate surface area is 182 Å². The number of carbonyl (C=O) groups is 2. The predicted molar refractivity (Wildman–Crippen MR) is 114 cm³/mol. The molecule has 0 fully saturated rings. The van der Waals surface area contributed by atoms with E-state index >= 15 is 0 Å². The van der Waals surface area contributed by atoms with E-state index in [-0.39, 0.29) is 27.7 Å². The van der Waals surface area contributed by atoms with Crippen molar-refractivity contribution in [1.82, 2.24) is 4.31 Å². The molecule has 0 atom stereocenters. The van der Waals surface area contributed by atoms with Crippen molar-refractivity contribution >= 4 is 44.9 Å². The number of carbonyl (C=O) groups excluding carboxylic acids is 2. The monoisotopic (exact) mass is 459 g/mol. The predicted octanol–water partition coefficient (Wildman–Crippen LogP) is 4.47. The van der Waals surface area contributed by atoms with Gasteiger partial charge in [-0.2, -0.15) is 0 Å². The topological polar surface area (TPSA) is 95.6 Å². The second-order valence-electron chi connectivity index (χ2n) is 6.74. The molecule has 0 saturated heterocycles. The molecule has 0 aliphatic carbocycles. The molecule has 3 aromatic carbocycles. The third-order valence-corrected chi connectivity index (χ3v) is 6.60. The fraction of sp³-hybridized carbons (Fsp3) is 0.0476. The van der Waals surface area contributed by atoms with E-state index in [2.05, 4.69) is 10.6 Å². The molecule has 0 unspecified atom stereocenters. The molecule has 10 heteroatoms. The molecule has 4 rings (SSSR count). The summed E-state index contributed by atoms with van der Waals surface area (Å²) in [5.74, 6) is -0.889. The van der Waals surface area contributed by atoms with Crippen molar-refractivity contribution in [2.45, 2.75) is 11.4 Å². The molecule has 3 amide bonds. The average molecular weight is 460 g/mol. The molecule has 0 saturated carbocycles. The SMILES string of the molecule is O=C(Nc1ccc(F)cc1)c1cccc(CN2C(=O)Nc3ccc(Cl)cc3S2(=O)=O)c1. The number of rotatable bonds is 4. The van der Waals surface area contributed by atoms with E-state index in [1.807, 2.05) is 0 Å². The zero-order chi connectivity index (χ0) is 22.2. The number of nitrogens with one attached hydrogen (secondary N) is 2. The Morgan fingerprint density at radius 3 is 2.55 bits per heavy atom. The van der Waals surface area contributed by atoms with E-state index in [0.717, 1.165) is 0 Å². The molecule has 7 nitrogen and oxygen atoms in total. The second kappa shape index (κ2) is 8.01. The third-order valence-electron chi connectivity index (χ3n) is 4.60. The summed E-state index contributed by atoms with van der Waals surface area (Å²) in [5, 5.41) is 5.38. The first-order chi connectivity index (χ1) is 14.7. The summed E-state index contributed by atoms with van der Waals surface area (Å²) in [7, 11) is -4.14. The van der Waals surface area contributed by atoms with Crippen molar-refractivity contribution in [1.29, 1.82) is 0 Å². The maximum Gasteiger partial charge on any atom is 0.336 e. The molecule has 31 heavy (non-hydrogen) atoms. The van der Waals surface area contributed by atoms with E-state index in [1.165, 1.54) is 48.5 Å². The van der Waals surface area contributed by atoms with Gasteiger partial charge in [0.15, 0.2) is 0 Å². The van der Waals surface area contributed by atoms with Crippen LogP contribution in [0, 0.1) is 5.82 Å².